The molecule has 1 saturated carbocycles. The molecule has 0 aromatic rings. The first-order chi connectivity index (χ1) is 7.75. The van der Waals surface area contributed by atoms with Crippen molar-refractivity contribution in [2.24, 2.45) is 5.92 Å². The molecule has 0 spiro atoms. The van der Waals surface area contributed by atoms with Crippen LogP contribution >= 0.6 is 0 Å². The van der Waals surface area contributed by atoms with E-state index in [4.69, 9.17) is 0 Å². The van der Waals surface area contributed by atoms with Gasteiger partial charge in [-0.25, -0.2) is 0 Å². The fourth-order valence-electron chi connectivity index (χ4n) is 2.88. The first kappa shape index (κ1) is 12.3. The third kappa shape index (κ3) is 3.44. The van der Waals surface area contributed by atoms with Gasteiger partial charge in [-0.05, 0) is 32.7 Å². The molecule has 0 aromatic heterocycles. The van der Waals surface area contributed by atoms with Crippen LogP contribution in [0.4, 0.5) is 0 Å². The quantitative estimate of drug-likeness (QED) is 0.753. The van der Waals surface area contributed by atoms with Gasteiger partial charge in [0, 0.05) is 45.3 Å². The van der Waals surface area contributed by atoms with E-state index in [1.54, 1.807) is 0 Å². The van der Waals surface area contributed by atoms with E-state index < -0.39 is 0 Å². The molecular weight excluding hydrogens is 198 g/mol. The third-order valence-corrected chi connectivity index (χ3v) is 4.15. The van der Waals surface area contributed by atoms with Crippen molar-refractivity contribution in [2.45, 2.75) is 32.2 Å². The summed E-state index contributed by atoms with van der Waals surface area (Å²) in [5.74, 6) is 1.00. The topological polar surface area (TPSA) is 18.5 Å². The van der Waals surface area contributed by atoms with Crippen molar-refractivity contribution in [3.63, 3.8) is 0 Å². The van der Waals surface area contributed by atoms with Crippen molar-refractivity contribution in [2.75, 3.05) is 46.3 Å². The van der Waals surface area contributed by atoms with E-state index in [1.165, 1.54) is 45.4 Å². The second-order valence-corrected chi connectivity index (χ2v) is 5.65. The minimum absolute atomic E-state index is 0.715. The van der Waals surface area contributed by atoms with Crippen molar-refractivity contribution in [1.82, 2.24) is 15.1 Å². The van der Waals surface area contributed by atoms with E-state index in [2.05, 4.69) is 29.1 Å². The van der Waals surface area contributed by atoms with Crippen molar-refractivity contribution in [3.8, 4) is 0 Å². The first-order valence-corrected chi connectivity index (χ1v) is 6.89. The number of likely N-dealkylation sites (N-methyl/N-ethyl adjacent to an activating group) is 1. The van der Waals surface area contributed by atoms with Crippen LogP contribution in [0, 0.1) is 5.92 Å². The van der Waals surface area contributed by atoms with Crippen molar-refractivity contribution in [3.05, 3.63) is 0 Å². The highest BCUT2D eigenvalue weighted by Gasteiger charge is 2.22. The lowest BCUT2D eigenvalue weighted by Crippen LogP contribution is -2.51. The number of nitrogens with zero attached hydrogens (tertiary/aromatic N) is 2. The Kier molecular flexibility index (Phi) is 4.62. The molecule has 0 radical (unpaired) electrons. The summed E-state index contributed by atoms with van der Waals surface area (Å²) in [6, 6.07) is 0.715. The van der Waals surface area contributed by atoms with Crippen molar-refractivity contribution < 1.29 is 0 Å². The summed E-state index contributed by atoms with van der Waals surface area (Å²) < 4.78 is 0. The van der Waals surface area contributed by atoms with Gasteiger partial charge in [-0.2, -0.15) is 0 Å². The van der Waals surface area contributed by atoms with Gasteiger partial charge >= 0.3 is 0 Å². The molecule has 1 heterocycles. The summed E-state index contributed by atoms with van der Waals surface area (Å²) >= 11 is 0. The monoisotopic (exact) mass is 225 g/mol. The summed E-state index contributed by atoms with van der Waals surface area (Å²) in [6.07, 6.45) is 4.39. The average molecular weight is 225 g/mol. The molecule has 2 aliphatic rings. The Balaban J connectivity index is 1.65. The number of rotatable bonds is 5. The van der Waals surface area contributed by atoms with E-state index in [9.17, 15) is 0 Å². The van der Waals surface area contributed by atoms with E-state index >= 15 is 0 Å². The van der Waals surface area contributed by atoms with E-state index in [-0.39, 0.29) is 0 Å². The SMILES string of the molecule is CC(CN(C)CC1CCC1)N1CCNCC1. The van der Waals surface area contributed by atoms with Crippen LogP contribution in [-0.4, -0.2) is 62.2 Å². The maximum atomic E-state index is 3.42. The van der Waals surface area contributed by atoms with Gasteiger partial charge in [-0.1, -0.05) is 6.42 Å². The predicted molar refractivity (Wildman–Crippen MR) is 68.7 cm³/mol. The van der Waals surface area contributed by atoms with Gasteiger partial charge < -0.3 is 10.2 Å². The van der Waals surface area contributed by atoms with Crippen LogP contribution in [0.1, 0.15) is 26.2 Å². The standard InChI is InChI=1S/C13H27N3/c1-12(16-8-6-14-7-9-16)10-15(2)11-13-4-3-5-13/h12-14H,3-11H2,1-2H3. The summed E-state index contributed by atoms with van der Waals surface area (Å²) in [4.78, 5) is 5.16. The molecule has 1 aliphatic carbocycles. The molecule has 3 heteroatoms. The summed E-state index contributed by atoms with van der Waals surface area (Å²) in [5, 5.41) is 3.42. The Labute approximate surface area is 100 Å². The zero-order valence-electron chi connectivity index (χ0n) is 10.9. The lowest BCUT2D eigenvalue weighted by atomic mass is 9.85. The van der Waals surface area contributed by atoms with Crippen LogP contribution in [0.5, 0.6) is 0 Å². The summed E-state index contributed by atoms with van der Waals surface area (Å²) in [7, 11) is 2.29. The highest BCUT2D eigenvalue weighted by Crippen LogP contribution is 2.26. The van der Waals surface area contributed by atoms with Crippen LogP contribution in [0.3, 0.4) is 0 Å². The van der Waals surface area contributed by atoms with E-state index in [0.717, 1.165) is 19.0 Å². The smallest absolute Gasteiger partial charge is 0.0195 e. The Morgan fingerprint density at radius 1 is 1.31 bits per heavy atom. The molecule has 1 aliphatic heterocycles. The molecule has 1 unspecified atom stereocenters. The van der Waals surface area contributed by atoms with Crippen molar-refractivity contribution in [1.29, 1.82) is 0 Å². The number of hydrogen-bond acceptors (Lipinski definition) is 3. The van der Waals surface area contributed by atoms with Crippen LogP contribution in [-0.2, 0) is 0 Å². The van der Waals surface area contributed by atoms with Crippen LogP contribution in [0.15, 0.2) is 0 Å². The number of nitrogens with one attached hydrogen (secondary N) is 1. The second kappa shape index (κ2) is 5.99. The minimum atomic E-state index is 0.715. The first-order valence-electron chi connectivity index (χ1n) is 6.89. The normalized spacial score (nSPS) is 25.7. The molecule has 0 bridgehead atoms. The van der Waals surface area contributed by atoms with E-state index in [1.807, 2.05) is 0 Å². The molecule has 94 valence electrons. The zero-order chi connectivity index (χ0) is 11.4. The van der Waals surface area contributed by atoms with Crippen LogP contribution < -0.4 is 5.32 Å². The highest BCUT2D eigenvalue weighted by molar-refractivity contribution is 4.78. The Bertz CT molecular complexity index is 197. The number of piperazine rings is 1. The predicted octanol–water partition coefficient (Wildman–Crippen LogP) is 1.01. The number of hydrogen-bond donors (Lipinski definition) is 1. The zero-order valence-corrected chi connectivity index (χ0v) is 10.9. The van der Waals surface area contributed by atoms with Gasteiger partial charge in [0.1, 0.15) is 0 Å². The minimum Gasteiger partial charge on any atom is -0.314 e. The fourth-order valence-corrected chi connectivity index (χ4v) is 2.88. The average Bonchev–Trinajstić information content (AvgIpc) is 2.25. The van der Waals surface area contributed by atoms with Gasteiger partial charge in [0.05, 0.1) is 0 Å². The summed E-state index contributed by atoms with van der Waals surface area (Å²) in [5.41, 5.74) is 0. The third-order valence-electron chi connectivity index (χ3n) is 4.15. The lowest BCUT2D eigenvalue weighted by molar-refractivity contribution is 0.126. The molecule has 0 amide bonds. The van der Waals surface area contributed by atoms with Gasteiger partial charge in [0.25, 0.3) is 0 Å². The lowest BCUT2D eigenvalue weighted by Gasteiger charge is -2.37. The van der Waals surface area contributed by atoms with Crippen LogP contribution in [0.25, 0.3) is 0 Å². The molecule has 1 saturated heterocycles. The largest absolute Gasteiger partial charge is 0.314 e. The molecule has 3 nitrogen and oxygen atoms in total. The highest BCUT2D eigenvalue weighted by atomic mass is 15.2. The van der Waals surface area contributed by atoms with Crippen molar-refractivity contribution >= 4 is 0 Å². The van der Waals surface area contributed by atoms with Gasteiger partial charge in [-0.3, -0.25) is 4.90 Å². The van der Waals surface area contributed by atoms with Gasteiger partial charge in [-0.15, -0.1) is 0 Å². The molecule has 1 atom stereocenters. The van der Waals surface area contributed by atoms with Gasteiger partial charge in [0.2, 0.25) is 0 Å². The molecule has 0 aromatic carbocycles. The molecule has 16 heavy (non-hydrogen) atoms. The van der Waals surface area contributed by atoms with E-state index in [0.29, 0.717) is 6.04 Å². The molecule has 2 fully saturated rings. The second-order valence-electron chi connectivity index (χ2n) is 5.65. The molecular formula is C13H27N3. The fraction of sp³-hybridized carbons (Fsp3) is 1.00. The Morgan fingerprint density at radius 3 is 2.56 bits per heavy atom. The Hall–Kier alpha value is -0.120. The van der Waals surface area contributed by atoms with Crippen LogP contribution in [0.2, 0.25) is 0 Å². The Morgan fingerprint density at radius 2 is 2.00 bits per heavy atom. The summed E-state index contributed by atoms with van der Waals surface area (Å²) in [6.45, 7) is 9.69. The molecule has 2 rings (SSSR count). The maximum Gasteiger partial charge on any atom is 0.0195 e. The van der Waals surface area contributed by atoms with Gasteiger partial charge in [0.15, 0.2) is 0 Å². The maximum absolute atomic E-state index is 3.42. The molecule has 1 N–H and O–H groups in total.